The normalized spacial score (nSPS) is 30.1. The predicted molar refractivity (Wildman–Crippen MR) is 39.1 cm³/mol. The summed E-state index contributed by atoms with van der Waals surface area (Å²) in [6.07, 6.45) is -0.0871. The van der Waals surface area contributed by atoms with Crippen LogP contribution >= 0.6 is 0 Å². The number of hydrogen-bond acceptors (Lipinski definition) is 1. The average Bonchev–Trinajstić information content (AvgIpc) is 2.28. The Morgan fingerprint density at radius 2 is 2.25 bits per heavy atom. The van der Waals surface area contributed by atoms with Crippen LogP contribution in [0, 0.1) is 11.8 Å². The van der Waals surface area contributed by atoms with Crippen LogP contribution in [0.2, 0.25) is 0 Å². The number of hydrogen-bond donors (Lipinski definition) is 1. The molecule has 0 saturated heterocycles. The molecule has 12 heavy (non-hydrogen) atoms. The molecule has 1 fully saturated rings. The third-order valence-electron chi connectivity index (χ3n) is 2.54. The zero-order valence-electron chi connectivity index (χ0n) is 6.89. The summed E-state index contributed by atoms with van der Waals surface area (Å²) in [5.74, 6) is -4.59. The minimum Gasteiger partial charge on any atom is -0.481 e. The maximum absolute atomic E-state index is 12.6. The van der Waals surface area contributed by atoms with Gasteiger partial charge in [-0.05, 0) is 12.3 Å². The molecule has 0 aliphatic heterocycles. The molecular weight excluding hydrogens is 166 g/mol. The summed E-state index contributed by atoms with van der Waals surface area (Å²) in [5.41, 5.74) is 0. The number of rotatable bonds is 2. The zero-order valence-corrected chi connectivity index (χ0v) is 6.89. The van der Waals surface area contributed by atoms with Gasteiger partial charge in [-0.2, -0.15) is 0 Å². The largest absolute Gasteiger partial charge is 0.481 e. The lowest BCUT2D eigenvalue weighted by Gasteiger charge is -2.14. The smallest absolute Gasteiger partial charge is 0.306 e. The van der Waals surface area contributed by atoms with Gasteiger partial charge in [-0.25, -0.2) is 8.78 Å². The summed E-state index contributed by atoms with van der Waals surface area (Å²) in [6.45, 7) is 1.49. The summed E-state index contributed by atoms with van der Waals surface area (Å²) < 4.78 is 25.3. The number of carbonyl (C=O) groups is 1. The van der Waals surface area contributed by atoms with Crippen LogP contribution in [0.3, 0.4) is 0 Å². The first-order valence-electron chi connectivity index (χ1n) is 4.03. The van der Waals surface area contributed by atoms with Gasteiger partial charge in [0.05, 0.1) is 5.92 Å². The van der Waals surface area contributed by atoms with Crippen molar-refractivity contribution < 1.29 is 18.7 Å². The maximum atomic E-state index is 12.6. The summed E-state index contributed by atoms with van der Waals surface area (Å²) >= 11 is 0. The number of carboxylic acids is 1. The fraction of sp³-hybridized carbons (Fsp3) is 0.875. The minimum atomic E-state index is -2.63. The first kappa shape index (κ1) is 9.42. The van der Waals surface area contributed by atoms with Crippen LogP contribution in [0.1, 0.15) is 26.2 Å². The lowest BCUT2D eigenvalue weighted by Crippen LogP contribution is -2.20. The lowest BCUT2D eigenvalue weighted by molar-refractivity contribution is -0.143. The highest BCUT2D eigenvalue weighted by Crippen LogP contribution is 2.42. The minimum absolute atomic E-state index is 0.157. The Morgan fingerprint density at radius 1 is 1.67 bits per heavy atom. The van der Waals surface area contributed by atoms with Gasteiger partial charge in [0, 0.05) is 12.8 Å². The quantitative estimate of drug-likeness (QED) is 0.703. The van der Waals surface area contributed by atoms with Gasteiger partial charge in [0.1, 0.15) is 0 Å². The molecule has 0 aromatic carbocycles. The Balaban J connectivity index is 2.52. The van der Waals surface area contributed by atoms with Gasteiger partial charge in [-0.1, -0.05) is 6.92 Å². The maximum Gasteiger partial charge on any atom is 0.306 e. The molecule has 1 unspecified atom stereocenters. The van der Waals surface area contributed by atoms with Crippen LogP contribution in [0.4, 0.5) is 8.78 Å². The van der Waals surface area contributed by atoms with E-state index in [1.54, 1.807) is 0 Å². The molecule has 1 N–H and O–H groups in total. The molecule has 0 spiro atoms. The van der Waals surface area contributed by atoms with Crippen molar-refractivity contribution in [2.75, 3.05) is 0 Å². The summed E-state index contributed by atoms with van der Waals surface area (Å²) in [4.78, 5) is 10.5. The van der Waals surface area contributed by atoms with Gasteiger partial charge in [-0.15, -0.1) is 0 Å². The van der Waals surface area contributed by atoms with Gasteiger partial charge in [-0.3, -0.25) is 4.79 Å². The predicted octanol–water partition coefficient (Wildman–Crippen LogP) is 2.14. The van der Waals surface area contributed by atoms with Crippen LogP contribution in [-0.2, 0) is 4.79 Å². The third-order valence-corrected chi connectivity index (χ3v) is 2.54. The van der Waals surface area contributed by atoms with E-state index in [0.29, 0.717) is 6.42 Å². The molecule has 1 aliphatic rings. The fourth-order valence-electron chi connectivity index (χ4n) is 1.61. The molecule has 0 bridgehead atoms. The zero-order chi connectivity index (χ0) is 9.35. The van der Waals surface area contributed by atoms with Crippen molar-refractivity contribution in [1.29, 1.82) is 0 Å². The van der Waals surface area contributed by atoms with Gasteiger partial charge in [0.25, 0.3) is 0 Å². The number of carboxylic acid groups (broad SMARTS) is 1. The van der Waals surface area contributed by atoms with Crippen molar-refractivity contribution in [2.45, 2.75) is 32.1 Å². The summed E-state index contributed by atoms with van der Waals surface area (Å²) in [5, 5.41) is 8.57. The Kier molecular flexibility index (Phi) is 2.35. The molecule has 2 atom stereocenters. The van der Waals surface area contributed by atoms with Crippen LogP contribution < -0.4 is 0 Å². The number of halogens is 2. The third kappa shape index (κ3) is 1.93. The van der Waals surface area contributed by atoms with Crippen molar-refractivity contribution in [3.63, 3.8) is 0 Å². The molecule has 1 saturated carbocycles. The van der Waals surface area contributed by atoms with Gasteiger partial charge in [0.15, 0.2) is 0 Å². The highest BCUT2D eigenvalue weighted by Gasteiger charge is 2.42. The molecule has 4 heteroatoms. The average molecular weight is 178 g/mol. The Bertz CT molecular complexity index is 191. The van der Waals surface area contributed by atoms with E-state index < -0.39 is 17.8 Å². The van der Waals surface area contributed by atoms with Crippen LogP contribution in [-0.4, -0.2) is 17.0 Å². The van der Waals surface area contributed by atoms with E-state index in [-0.39, 0.29) is 18.8 Å². The van der Waals surface area contributed by atoms with Gasteiger partial charge < -0.3 is 5.11 Å². The van der Waals surface area contributed by atoms with E-state index in [9.17, 15) is 13.6 Å². The second-order valence-electron chi connectivity index (χ2n) is 3.49. The first-order chi connectivity index (χ1) is 5.42. The molecule has 0 aromatic heterocycles. The lowest BCUT2D eigenvalue weighted by atomic mass is 9.93. The van der Waals surface area contributed by atoms with Crippen LogP contribution in [0.15, 0.2) is 0 Å². The van der Waals surface area contributed by atoms with Crippen LogP contribution in [0.25, 0.3) is 0 Å². The Hall–Kier alpha value is -0.670. The Morgan fingerprint density at radius 3 is 2.58 bits per heavy atom. The molecule has 0 heterocycles. The van der Waals surface area contributed by atoms with E-state index in [2.05, 4.69) is 0 Å². The molecule has 2 nitrogen and oxygen atoms in total. The molecule has 1 aliphatic carbocycles. The Labute approximate surface area is 69.6 Å². The van der Waals surface area contributed by atoms with Crippen LogP contribution in [0.5, 0.6) is 0 Å². The van der Waals surface area contributed by atoms with Gasteiger partial charge in [0.2, 0.25) is 5.92 Å². The van der Waals surface area contributed by atoms with Crippen molar-refractivity contribution in [1.82, 2.24) is 0 Å². The van der Waals surface area contributed by atoms with E-state index in [0.717, 1.165) is 0 Å². The number of alkyl halides is 2. The highest BCUT2D eigenvalue weighted by molar-refractivity contribution is 5.69. The van der Waals surface area contributed by atoms with Crippen molar-refractivity contribution in [3.05, 3.63) is 0 Å². The van der Waals surface area contributed by atoms with Crippen molar-refractivity contribution in [2.24, 2.45) is 11.8 Å². The van der Waals surface area contributed by atoms with E-state index in [4.69, 9.17) is 5.11 Å². The summed E-state index contributed by atoms with van der Waals surface area (Å²) in [7, 11) is 0. The van der Waals surface area contributed by atoms with Crippen molar-refractivity contribution >= 4 is 5.97 Å². The van der Waals surface area contributed by atoms with Gasteiger partial charge >= 0.3 is 5.97 Å². The first-order valence-corrected chi connectivity index (χ1v) is 4.03. The standard InChI is InChI=1S/C8H12F2O2/c1-5(7(11)12)6-2-3-8(9,10)4-6/h5-6H,2-4H2,1H3,(H,11,12)/t5-,6?/m1/s1. The fourth-order valence-corrected chi connectivity index (χ4v) is 1.61. The molecular formula is C8H12F2O2. The molecule has 1 rings (SSSR count). The van der Waals surface area contributed by atoms with Crippen molar-refractivity contribution in [3.8, 4) is 0 Å². The molecule has 0 aromatic rings. The summed E-state index contributed by atoms with van der Waals surface area (Å²) in [6, 6.07) is 0. The second-order valence-corrected chi connectivity index (χ2v) is 3.49. The molecule has 70 valence electrons. The monoisotopic (exact) mass is 178 g/mol. The highest BCUT2D eigenvalue weighted by atomic mass is 19.3. The van der Waals surface area contributed by atoms with E-state index >= 15 is 0 Å². The van der Waals surface area contributed by atoms with E-state index in [1.807, 2.05) is 0 Å². The topological polar surface area (TPSA) is 37.3 Å². The molecule has 0 amide bonds. The molecule has 0 radical (unpaired) electrons. The second kappa shape index (κ2) is 2.99. The number of aliphatic carboxylic acids is 1. The SMILES string of the molecule is C[C@@H](C(=O)O)C1CCC(F)(F)C1. The van der Waals surface area contributed by atoms with E-state index in [1.165, 1.54) is 6.92 Å².